The summed E-state index contributed by atoms with van der Waals surface area (Å²) in [6.07, 6.45) is 0. The van der Waals surface area contributed by atoms with Crippen LogP contribution < -0.4 is 5.32 Å². The van der Waals surface area contributed by atoms with E-state index in [1.807, 2.05) is 6.92 Å². The van der Waals surface area contributed by atoms with Crippen molar-refractivity contribution in [1.82, 2.24) is 5.32 Å². The SMILES string of the molecule is CCNC(CSC(C)C)C(=O)O. The fraction of sp³-hybridized carbons (Fsp3) is 0.875. The zero-order valence-corrected chi connectivity index (χ0v) is 8.65. The summed E-state index contributed by atoms with van der Waals surface area (Å²) in [6, 6.07) is -0.401. The van der Waals surface area contributed by atoms with E-state index in [0.29, 0.717) is 17.5 Å². The van der Waals surface area contributed by atoms with E-state index < -0.39 is 12.0 Å². The van der Waals surface area contributed by atoms with Crippen molar-refractivity contribution in [2.45, 2.75) is 32.1 Å². The molecular weight excluding hydrogens is 174 g/mol. The van der Waals surface area contributed by atoms with Crippen LogP contribution in [0.4, 0.5) is 0 Å². The number of carboxylic acids is 1. The minimum Gasteiger partial charge on any atom is -0.480 e. The number of nitrogens with one attached hydrogen (secondary N) is 1. The van der Waals surface area contributed by atoms with Crippen LogP contribution in [0.3, 0.4) is 0 Å². The van der Waals surface area contributed by atoms with Gasteiger partial charge in [0.2, 0.25) is 0 Å². The second-order valence-electron chi connectivity index (χ2n) is 2.83. The van der Waals surface area contributed by atoms with E-state index in [4.69, 9.17) is 5.11 Å². The molecule has 0 rings (SSSR count). The first kappa shape index (κ1) is 11.8. The Balaban J connectivity index is 3.71. The predicted molar refractivity (Wildman–Crippen MR) is 52.7 cm³/mol. The molecular formula is C8H17NO2S. The minimum absolute atomic E-state index is 0.401. The number of hydrogen-bond acceptors (Lipinski definition) is 3. The smallest absolute Gasteiger partial charge is 0.321 e. The van der Waals surface area contributed by atoms with Crippen molar-refractivity contribution < 1.29 is 9.90 Å². The summed E-state index contributed by atoms with van der Waals surface area (Å²) >= 11 is 1.66. The van der Waals surface area contributed by atoms with Gasteiger partial charge in [0.1, 0.15) is 6.04 Å². The first-order valence-electron chi connectivity index (χ1n) is 4.15. The van der Waals surface area contributed by atoms with Crippen LogP contribution in [-0.2, 0) is 4.79 Å². The lowest BCUT2D eigenvalue weighted by Crippen LogP contribution is -2.38. The van der Waals surface area contributed by atoms with Gasteiger partial charge < -0.3 is 10.4 Å². The van der Waals surface area contributed by atoms with Crippen LogP contribution in [0.1, 0.15) is 20.8 Å². The Kier molecular flexibility index (Phi) is 6.20. The Morgan fingerprint density at radius 1 is 1.58 bits per heavy atom. The van der Waals surface area contributed by atoms with Gasteiger partial charge >= 0.3 is 5.97 Å². The lowest BCUT2D eigenvalue weighted by Gasteiger charge is -2.13. The average molecular weight is 191 g/mol. The Labute approximate surface area is 77.9 Å². The molecule has 2 N–H and O–H groups in total. The number of carboxylic acid groups (broad SMARTS) is 1. The number of carbonyl (C=O) groups is 1. The van der Waals surface area contributed by atoms with Crippen LogP contribution in [-0.4, -0.2) is 34.7 Å². The number of aliphatic carboxylic acids is 1. The lowest BCUT2D eigenvalue weighted by molar-refractivity contribution is -0.138. The number of thioether (sulfide) groups is 1. The topological polar surface area (TPSA) is 49.3 Å². The lowest BCUT2D eigenvalue weighted by atomic mass is 10.3. The maximum atomic E-state index is 10.6. The maximum absolute atomic E-state index is 10.6. The highest BCUT2D eigenvalue weighted by molar-refractivity contribution is 7.99. The molecule has 0 aromatic carbocycles. The summed E-state index contributed by atoms with van der Waals surface area (Å²) in [6.45, 7) is 6.75. The summed E-state index contributed by atoms with van der Waals surface area (Å²) in [5.41, 5.74) is 0. The van der Waals surface area contributed by atoms with Crippen molar-refractivity contribution in [2.24, 2.45) is 0 Å². The molecule has 0 aromatic rings. The van der Waals surface area contributed by atoms with Gasteiger partial charge in [-0.25, -0.2) is 0 Å². The summed E-state index contributed by atoms with van der Waals surface area (Å²) < 4.78 is 0. The van der Waals surface area contributed by atoms with E-state index in [1.165, 1.54) is 0 Å². The molecule has 0 spiro atoms. The third-order valence-corrected chi connectivity index (χ3v) is 2.54. The van der Waals surface area contributed by atoms with Gasteiger partial charge in [-0.1, -0.05) is 20.8 Å². The second kappa shape index (κ2) is 6.31. The second-order valence-corrected chi connectivity index (χ2v) is 4.44. The van der Waals surface area contributed by atoms with Gasteiger partial charge in [-0.05, 0) is 11.8 Å². The fourth-order valence-electron chi connectivity index (χ4n) is 0.753. The molecule has 0 aliphatic rings. The molecule has 1 unspecified atom stereocenters. The summed E-state index contributed by atoms with van der Waals surface area (Å²) in [7, 11) is 0. The van der Waals surface area contributed by atoms with E-state index >= 15 is 0 Å². The van der Waals surface area contributed by atoms with Crippen molar-refractivity contribution in [1.29, 1.82) is 0 Å². The average Bonchev–Trinajstić information content (AvgIpc) is 1.96. The minimum atomic E-state index is -0.759. The highest BCUT2D eigenvalue weighted by atomic mass is 32.2. The van der Waals surface area contributed by atoms with Crippen molar-refractivity contribution in [3.05, 3.63) is 0 Å². The van der Waals surface area contributed by atoms with E-state index in [9.17, 15) is 4.79 Å². The standard InChI is InChI=1S/C8H17NO2S/c1-4-9-7(8(10)11)5-12-6(2)3/h6-7,9H,4-5H2,1-3H3,(H,10,11). The highest BCUT2D eigenvalue weighted by Crippen LogP contribution is 2.10. The first-order valence-corrected chi connectivity index (χ1v) is 5.20. The summed E-state index contributed by atoms with van der Waals surface area (Å²) in [5, 5.41) is 12.1. The van der Waals surface area contributed by atoms with Crippen LogP contribution >= 0.6 is 11.8 Å². The normalized spacial score (nSPS) is 13.3. The zero-order chi connectivity index (χ0) is 9.56. The quantitative estimate of drug-likeness (QED) is 0.662. The van der Waals surface area contributed by atoms with Gasteiger partial charge in [0, 0.05) is 5.75 Å². The number of likely N-dealkylation sites (N-methyl/N-ethyl adjacent to an activating group) is 1. The number of hydrogen-bond donors (Lipinski definition) is 2. The van der Waals surface area contributed by atoms with E-state index in [-0.39, 0.29) is 0 Å². The van der Waals surface area contributed by atoms with E-state index in [1.54, 1.807) is 11.8 Å². The Bertz CT molecular complexity index is 139. The molecule has 1 atom stereocenters. The molecule has 4 heteroatoms. The van der Waals surface area contributed by atoms with Crippen LogP contribution in [0.15, 0.2) is 0 Å². The molecule has 0 bridgehead atoms. The molecule has 0 saturated heterocycles. The first-order chi connectivity index (χ1) is 5.57. The van der Waals surface area contributed by atoms with Crippen LogP contribution in [0.5, 0.6) is 0 Å². The van der Waals surface area contributed by atoms with E-state index in [2.05, 4.69) is 19.2 Å². The van der Waals surface area contributed by atoms with Gasteiger partial charge in [-0.2, -0.15) is 11.8 Å². The fourth-order valence-corrected chi connectivity index (χ4v) is 1.59. The van der Waals surface area contributed by atoms with Crippen molar-refractivity contribution in [2.75, 3.05) is 12.3 Å². The van der Waals surface area contributed by atoms with Gasteiger partial charge in [0.25, 0.3) is 0 Å². The molecule has 0 saturated carbocycles. The Morgan fingerprint density at radius 2 is 2.17 bits per heavy atom. The molecule has 3 nitrogen and oxygen atoms in total. The third-order valence-electron chi connectivity index (χ3n) is 1.34. The van der Waals surface area contributed by atoms with Gasteiger partial charge in [0.15, 0.2) is 0 Å². The molecule has 0 aliphatic carbocycles. The van der Waals surface area contributed by atoms with Gasteiger partial charge in [0.05, 0.1) is 0 Å². The van der Waals surface area contributed by atoms with Crippen molar-refractivity contribution in [3.63, 3.8) is 0 Å². The highest BCUT2D eigenvalue weighted by Gasteiger charge is 2.15. The molecule has 72 valence electrons. The largest absolute Gasteiger partial charge is 0.480 e. The molecule has 0 fully saturated rings. The predicted octanol–water partition coefficient (Wildman–Crippen LogP) is 1.19. The third kappa shape index (κ3) is 5.43. The molecule has 12 heavy (non-hydrogen) atoms. The van der Waals surface area contributed by atoms with Crippen LogP contribution in [0, 0.1) is 0 Å². The molecule has 0 aromatic heterocycles. The van der Waals surface area contributed by atoms with Gasteiger partial charge in [-0.15, -0.1) is 0 Å². The summed E-state index contributed by atoms with van der Waals surface area (Å²) in [5.74, 6) is -0.120. The number of rotatable bonds is 6. The molecule has 0 aliphatic heterocycles. The maximum Gasteiger partial charge on any atom is 0.321 e. The Hall–Kier alpha value is -0.220. The monoisotopic (exact) mass is 191 g/mol. The molecule has 0 heterocycles. The summed E-state index contributed by atoms with van der Waals surface area (Å²) in [4.78, 5) is 10.6. The Morgan fingerprint density at radius 3 is 2.50 bits per heavy atom. The van der Waals surface area contributed by atoms with Crippen LogP contribution in [0.2, 0.25) is 0 Å². The molecule has 0 amide bonds. The van der Waals surface area contributed by atoms with Gasteiger partial charge in [-0.3, -0.25) is 4.79 Å². The van der Waals surface area contributed by atoms with E-state index in [0.717, 1.165) is 0 Å². The van der Waals surface area contributed by atoms with Crippen molar-refractivity contribution >= 4 is 17.7 Å². The zero-order valence-electron chi connectivity index (χ0n) is 7.83. The molecule has 0 radical (unpaired) electrons. The van der Waals surface area contributed by atoms with Crippen LogP contribution in [0.25, 0.3) is 0 Å². The van der Waals surface area contributed by atoms with Crippen molar-refractivity contribution in [3.8, 4) is 0 Å².